The van der Waals surface area contributed by atoms with Gasteiger partial charge in [-0.3, -0.25) is 9.79 Å². The molecule has 0 aliphatic carbocycles. The minimum atomic E-state index is -0.0804. The molecule has 4 heteroatoms. The fourth-order valence-electron chi connectivity index (χ4n) is 3.48. The molecule has 1 aliphatic rings. The Morgan fingerprint density at radius 2 is 1.76 bits per heavy atom. The number of fused-ring (bicyclic) bond motifs is 2. The van der Waals surface area contributed by atoms with Crippen LogP contribution in [0, 0.1) is 0 Å². The molecule has 146 valence electrons. The number of nitrogens with zero attached hydrogens (tertiary/aromatic N) is 1. The van der Waals surface area contributed by atoms with Crippen LogP contribution in [0.1, 0.15) is 54.2 Å². The van der Waals surface area contributed by atoms with Gasteiger partial charge in [-0.05, 0) is 43.2 Å². The van der Waals surface area contributed by atoms with E-state index in [0.717, 1.165) is 34.7 Å². The van der Waals surface area contributed by atoms with Crippen molar-refractivity contribution < 1.29 is 4.79 Å². The van der Waals surface area contributed by atoms with Gasteiger partial charge in [-0.25, -0.2) is 0 Å². The first kappa shape index (κ1) is 19.5. The van der Waals surface area contributed by atoms with Crippen molar-refractivity contribution in [3.8, 4) is 0 Å². The van der Waals surface area contributed by atoms with Crippen molar-refractivity contribution >= 4 is 29.1 Å². The van der Waals surface area contributed by atoms with Gasteiger partial charge < -0.3 is 5.32 Å². The molecule has 1 aliphatic heterocycles. The third kappa shape index (κ3) is 4.28. The number of aliphatic imine (C=N–C) groups is 1. The van der Waals surface area contributed by atoms with Gasteiger partial charge in [0, 0.05) is 26.6 Å². The van der Waals surface area contributed by atoms with Gasteiger partial charge in [0.1, 0.15) is 0 Å². The van der Waals surface area contributed by atoms with Crippen LogP contribution in [0.4, 0.5) is 5.69 Å². The van der Waals surface area contributed by atoms with Crippen molar-refractivity contribution in [3.05, 3.63) is 89.5 Å². The lowest BCUT2D eigenvalue weighted by Crippen LogP contribution is -2.26. The van der Waals surface area contributed by atoms with Crippen molar-refractivity contribution in [2.45, 2.75) is 42.5 Å². The van der Waals surface area contributed by atoms with Gasteiger partial charge in [0.05, 0.1) is 11.7 Å². The zero-order valence-corrected chi connectivity index (χ0v) is 17.5. The Labute approximate surface area is 176 Å². The van der Waals surface area contributed by atoms with Gasteiger partial charge in [0.15, 0.2) is 0 Å². The van der Waals surface area contributed by atoms with Gasteiger partial charge in [-0.1, -0.05) is 73.6 Å². The second-order valence-electron chi connectivity index (χ2n) is 7.20. The molecule has 29 heavy (non-hydrogen) atoms. The largest absolute Gasteiger partial charge is 0.346 e. The van der Waals surface area contributed by atoms with Crippen LogP contribution in [0.2, 0.25) is 0 Å². The maximum absolute atomic E-state index is 12.9. The summed E-state index contributed by atoms with van der Waals surface area (Å²) in [5.41, 5.74) is 4.88. The van der Waals surface area contributed by atoms with Crippen LogP contribution < -0.4 is 5.32 Å². The first-order valence-corrected chi connectivity index (χ1v) is 10.8. The van der Waals surface area contributed by atoms with Gasteiger partial charge in [-0.15, -0.1) is 0 Å². The minimum Gasteiger partial charge on any atom is -0.346 e. The average Bonchev–Trinajstić information content (AvgIpc) is 2.90. The Kier molecular flexibility index (Phi) is 5.81. The Hall–Kier alpha value is -2.85. The van der Waals surface area contributed by atoms with E-state index in [0.29, 0.717) is 5.56 Å². The van der Waals surface area contributed by atoms with E-state index in [1.165, 1.54) is 10.5 Å². The highest BCUT2D eigenvalue weighted by atomic mass is 32.2. The molecule has 1 N–H and O–H groups in total. The van der Waals surface area contributed by atoms with Crippen molar-refractivity contribution in [2.75, 3.05) is 0 Å². The van der Waals surface area contributed by atoms with Crippen molar-refractivity contribution in [1.29, 1.82) is 0 Å². The zero-order valence-electron chi connectivity index (χ0n) is 16.7. The molecule has 0 unspecified atom stereocenters. The van der Waals surface area contributed by atoms with E-state index in [-0.39, 0.29) is 11.9 Å². The summed E-state index contributed by atoms with van der Waals surface area (Å²) in [6.45, 7) is 4.17. The summed E-state index contributed by atoms with van der Waals surface area (Å²) < 4.78 is 0. The maximum Gasteiger partial charge on any atom is 0.251 e. The summed E-state index contributed by atoms with van der Waals surface area (Å²) in [5, 5.41) is 3.09. The average molecular weight is 401 g/mol. The SMILES string of the molecule is CCCC1=Nc2cc(C(=O)N[C@H](C)c3ccccc3)ccc2Sc2ccccc21. The number of carbonyl (C=O) groups is 1. The van der Waals surface area contributed by atoms with E-state index in [9.17, 15) is 4.79 Å². The first-order chi connectivity index (χ1) is 14.2. The fourth-order valence-corrected chi connectivity index (χ4v) is 4.51. The van der Waals surface area contributed by atoms with Crippen LogP contribution >= 0.6 is 11.8 Å². The summed E-state index contributed by atoms with van der Waals surface area (Å²) in [4.78, 5) is 20.1. The molecular formula is C25H24N2OS. The highest BCUT2D eigenvalue weighted by molar-refractivity contribution is 7.99. The third-order valence-electron chi connectivity index (χ3n) is 5.03. The Balaban J connectivity index is 1.64. The van der Waals surface area contributed by atoms with E-state index in [1.807, 2.05) is 55.5 Å². The monoisotopic (exact) mass is 400 g/mol. The summed E-state index contributed by atoms with van der Waals surface area (Å²) in [6.07, 6.45) is 1.94. The number of amides is 1. The van der Waals surface area contributed by atoms with E-state index in [4.69, 9.17) is 4.99 Å². The molecule has 3 aromatic rings. The number of nitrogens with one attached hydrogen (secondary N) is 1. The lowest BCUT2D eigenvalue weighted by Gasteiger charge is -2.15. The highest BCUT2D eigenvalue weighted by Crippen LogP contribution is 2.41. The van der Waals surface area contributed by atoms with Crippen LogP contribution in [0.3, 0.4) is 0 Å². The molecule has 0 bridgehead atoms. The predicted octanol–water partition coefficient (Wildman–Crippen LogP) is 6.56. The molecule has 3 aromatic carbocycles. The van der Waals surface area contributed by atoms with Crippen LogP contribution in [-0.2, 0) is 0 Å². The molecule has 0 radical (unpaired) electrons. The molecule has 3 nitrogen and oxygen atoms in total. The van der Waals surface area contributed by atoms with Gasteiger partial charge in [-0.2, -0.15) is 0 Å². The summed E-state index contributed by atoms with van der Waals surface area (Å²) in [7, 11) is 0. The molecule has 4 rings (SSSR count). The molecule has 0 saturated carbocycles. The number of hydrogen-bond acceptors (Lipinski definition) is 3. The minimum absolute atomic E-state index is 0.0553. The molecule has 0 fully saturated rings. The Morgan fingerprint density at radius 1 is 1.00 bits per heavy atom. The molecule has 0 aromatic heterocycles. The zero-order chi connectivity index (χ0) is 20.2. The number of hydrogen-bond donors (Lipinski definition) is 1. The predicted molar refractivity (Wildman–Crippen MR) is 120 cm³/mol. The van der Waals surface area contributed by atoms with Gasteiger partial charge in [0.2, 0.25) is 0 Å². The van der Waals surface area contributed by atoms with Crippen LogP contribution in [0.5, 0.6) is 0 Å². The molecule has 1 heterocycles. The summed E-state index contributed by atoms with van der Waals surface area (Å²) in [5.74, 6) is -0.0804. The van der Waals surface area contributed by atoms with Crippen LogP contribution in [-0.4, -0.2) is 11.6 Å². The topological polar surface area (TPSA) is 41.5 Å². The maximum atomic E-state index is 12.9. The summed E-state index contributed by atoms with van der Waals surface area (Å²) >= 11 is 1.72. The third-order valence-corrected chi connectivity index (χ3v) is 6.17. The van der Waals surface area contributed by atoms with Crippen molar-refractivity contribution in [2.24, 2.45) is 4.99 Å². The highest BCUT2D eigenvalue weighted by Gasteiger charge is 2.19. The molecular weight excluding hydrogens is 376 g/mol. The van der Waals surface area contributed by atoms with Gasteiger partial charge >= 0.3 is 0 Å². The number of benzene rings is 3. The lowest BCUT2D eigenvalue weighted by atomic mass is 10.1. The van der Waals surface area contributed by atoms with Crippen molar-refractivity contribution in [1.82, 2.24) is 5.32 Å². The van der Waals surface area contributed by atoms with E-state index >= 15 is 0 Å². The van der Waals surface area contributed by atoms with Crippen LogP contribution in [0.15, 0.2) is 87.6 Å². The quantitative estimate of drug-likeness (QED) is 0.527. The van der Waals surface area contributed by atoms with Crippen molar-refractivity contribution in [3.63, 3.8) is 0 Å². The number of carbonyl (C=O) groups excluding carboxylic acids is 1. The molecule has 1 atom stereocenters. The summed E-state index contributed by atoms with van der Waals surface area (Å²) in [6, 6.07) is 24.2. The Morgan fingerprint density at radius 3 is 2.55 bits per heavy atom. The number of rotatable bonds is 5. The van der Waals surface area contributed by atoms with E-state index in [2.05, 4.69) is 36.5 Å². The van der Waals surface area contributed by atoms with Crippen LogP contribution in [0.25, 0.3) is 0 Å². The standard InChI is InChI=1S/C25H24N2OS/c1-3-9-21-20-12-7-8-13-23(20)29-24-15-14-19(16-22(24)27-21)25(28)26-17(2)18-10-5-4-6-11-18/h4-8,10-17H,3,9H2,1-2H3,(H,26,28)/t17-/m1/s1. The van der Waals surface area contributed by atoms with Gasteiger partial charge in [0.25, 0.3) is 5.91 Å². The molecule has 1 amide bonds. The van der Waals surface area contributed by atoms with E-state index in [1.54, 1.807) is 11.8 Å². The normalized spacial score (nSPS) is 13.5. The second-order valence-corrected chi connectivity index (χ2v) is 8.28. The van der Waals surface area contributed by atoms with E-state index < -0.39 is 0 Å². The fraction of sp³-hybridized carbons (Fsp3) is 0.200. The second kappa shape index (κ2) is 8.66. The first-order valence-electron chi connectivity index (χ1n) is 10.0. The molecule has 0 saturated heterocycles. The molecule has 0 spiro atoms. The Bertz CT molecular complexity index is 1060. The smallest absolute Gasteiger partial charge is 0.251 e. The lowest BCUT2D eigenvalue weighted by molar-refractivity contribution is 0.0940.